The summed E-state index contributed by atoms with van der Waals surface area (Å²) in [5, 5.41) is 0.181. The number of nitrogens with zero attached hydrogens (tertiary/aromatic N) is 1. The van der Waals surface area contributed by atoms with Crippen molar-refractivity contribution < 1.29 is 13.2 Å². The molecule has 3 rings (SSSR count). The highest BCUT2D eigenvalue weighted by Gasteiger charge is 2.18. The zero-order chi connectivity index (χ0) is 21.9. The van der Waals surface area contributed by atoms with Gasteiger partial charge in [-0.05, 0) is 49.7 Å². The molecule has 0 saturated heterocycles. The van der Waals surface area contributed by atoms with Crippen molar-refractivity contribution >= 4 is 33.2 Å². The van der Waals surface area contributed by atoms with Crippen LogP contribution in [0.3, 0.4) is 0 Å². The summed E-state index contributed by atoms with van der Waals surface area (Å²) < 4.78 is 27.6. The fourth-order valence-corrected chi connectivity index (χ4v) is 4.36. The Morgan fingerprint density at radius 2 is 1.67 bits per heavy atom. The first-order valence-corrected chi connectivity index (χ1v) is 11.2. The molecule has 0 radical (unpaired) electrons. The van der Waals surface area contributed by atoms with Gasteiger partial charge in [0.05, 0.1) is 21.2 Å². The zero-order valence-corrected chi connectivity index (χ0v) is 18.6. The summed E-state index contributed by atoms with van der Waals surface area (Å²) in [6.45, 7) is 4.33. The Hall–Kier alpha value is -2.83. The Kier molecular flexibility index (Phi) is 6.48. The van der Waals surface area contributed by atoms with E-state index in [9.17, 15) is 13.2 Å². The number of aryl methyl sites for hydroxylation is 2. The topological polar surface area (TPSA) is 66.5 Å². The molecule has 0 bridgehead atoms. The smallest absolute Gasteiger partial charge is 0.261 e. The number of amides is 1. The Balaban J connectivity index is 1.75. The molecule has 0 aromatic heterocycles. The number of anilines is 1. The number of sulfonamides is 1. The average molecular weight is 443 g/mol. The van der Waals surface area contributed by atoms with Gasteiger partial charge in [-0.2, -0.15) is 0 Å². The van der Waals surface area contributed by atoms with Gasteiger partial charge in [-0.3, -0.25) is 9.52 Å². The predicted molar refractivity (Wildman–Crippen MR) is 120 cm³/mol. The van der Waals surface area contributed by atoms with Gasteiger partial charge < -0.3 is 4.90 Å². The monoisotopic (exact) mass is 442 g/mol. The second kappa shape index (κ2) is 8.90. The highest BCUT2D eigenvalue weighted by atomic mass is 35.5. The second-order valence-corrected chi connectivity index (χ2v) is 9.35. The van der Waals surface area contributed by atoms with Crippen LogP contribution in [0, 0.1) is 13.8 Å². The third kappa shape index (κ3) is 5.20. The molecule has 30 heavy (non-hydrogen) atoms. The fraction of sp³-hybridized carbons (Fsp3) is 0.174. The summed E-state index contributed by atoms with van der Waals surface area (Å²) >= 11 is 6.31. The van der Waals surface area contributed by atoms with Crippen LogP contribution in [0.15, 0.2) is 71.6 Å². The van der Waals surface area contributed by atoms with Gasteiger partial charge in [-0.1, -0.05) is 59.1 Å². The van der Waals surface area contributed by atoms with E-state index < -0.39 is 10.0 Å². The Bertz CT molecular complexity index is 1180. The Morgan fingerprint density at radius 1 is 0.967 bits per heavy atom. The van der Waals surface area contributed by atoms with Crippen LogP contribution >= 0.6 is 11.6 Å². The highest BCUT2D eigenvalue weighted by molar-refractivity contribution is 7.92. The second-order valence-electron chi connectivity index (χ2n) is 7.26. The molecule has 0 unspecified atom stereocenters. The first-order chi connectivity index (χ1) is 14.2. The van der Waals surface area contributed by atoms with Gasteiger partial charge in [-0.25, -0.2) is 8.42 Å². The SMILES string of the molecule is Cc1ccc(S(=O)(=O)Nc2ccc(C(=O)N(C)Cc3cccc(C)c3)c(Cl)c2)cc1. The van der Waals surface area contributed by atoms with Gasteiger partial charge in [0.25, 0.3) is 15.9 Å². The minimum Gasteiger partial charge on any atom is -0.337 e. The maximum Gasteiger partial charge on any atom is 0.261 e. The van der Waals surface area contributed by atoms with Crippen LogP contribution in [0.4, 0.5) is 5.69 Å². The minimum atomic E-state index is -3.75. The van der Waals surface area contributed by atoms with Gasteiger partial charge in [-0.15, -0.1) is 0 Å². The van der Waals surface area contributed by atoms with E-state index in [1.165, 1.54) is 30.3 Å². The van der Waals surface area contributed by atoms with Crippen LogP contribution in [0.1, 0.15) is 27.0 Å². The average Bonchev–Trinajstić information content (AvgIpc) is 2.67. The van der Waals surface area contributed by atoms with E-state index in [1.807, 2.05) is 38.1 Å². The van der Waals surface area contributed by atoms with Crippen molar-refractivity contribution in [2.45, 2.75) is 25.3 Å². The molecule has 1 N–H and O–H groups in total. The number of hydrogen-bond acceptors (Lipinski definition) is 3. The standard InChI is InChI=1S/C23H23ClN2O3S/c1-16-7-10-20(11-8-16)30(28,29)25-19-9-12-21(22(24)14-19)23(27)26(3)15-18-6-4-5-17(2)13-18/h4-14,25H,15H2,1-3H3. The third-order valence-corrected chi connectivity index (χ3v) is 6.34. The van der Waals surface area contributed by atoms with Gasteiger partial charge in [0.1, 0.15) is 0 Å². The van der Waals surface area contributed by atoms with Crippen LogP contribution in [-0.2, 0) is 16.6 Å². The molecule has 3 aromatic carbocycles. The van der Waals surface area contributed by atoms with Gasteiger partial charge in [0, 0.05) is 13.6 Å². The number of carbonyl (C=O) groups is 1. The number of carbonyl (C=O) groups excluding carboxylic acids is 1. The van der Waals surface area contributed by atoms with Gasteiger partial charge in [0.2, 0.25) is 0 Å². The maximum absolute atomic E-state index is 12.8. The summed E-state index contributed by atoms with van der Waals surface area (Å²) in [5.41, 5.74) is 3.71. The van der Waals surface area contributed by atoms with E-state index in [1.54, 1.807) is 24.1 Å². The molecular weight excluding hydrogens is 420 g/mol. The molecule has 0 aliphatic carbocycles. The van der Waals surface area contributed by atoms with Crippen molar-refractivity contribution in [2.75, 3.05) is 11.8 Å². The Morgan fingerprint density at radius 3 is 2.30 bits per heavy atom. The Labute approximate surface area is 182 Å². The number of benzene rings is 3. The van der Waals surface area contributed by atoms with Crippen LogP contribution < -0.4 is 4.72 Å². The normalized spacial score (nSPS) is 11.2. The molecule has 0 aliphatic rings. The number of halogens is 1. The molecule has 7 heteroatoms. The van der Waals surface area contributed by atoms with Crippen molar-refractivity contribution in [3.63, 3.8) is 0 Å². The van der Waals surface area contributed by atoms with Crippen molar-refractivity contribution in [2.24, 2.45) is 0 Å². The predicted octanol–water partition coefficient (Wildman–Crippen LogP) is 5.03. The van der Waals surface area contributed by atoms with Gasteiger partial charge >= 0.3 is 0 Å². The highest BCUT2D eigenvalue weighted by Crippen LogP contribution is 2.25. The van der Waals surface area contributed by atoms with Crippen LogP contribution in [-0.4, -0.2) is 26.3 Å². The first-order valence-electron chi connectivity index (χ1n) is 9.36. The van der Waals surface area contributed by atoms with E-state index in [0.29, 0.717) is 17.8 Å². The van der Waals surface area contributed by atoms with Gasteiger partial charge in [0.15, 0.2) is 0 Å². The summed E-state index contributed by atoms with van der Waals surface area (Å²) in [6, 6.07) is 19.0. The number of nitrogens with one attached hydrogen (secondary N) is 1. The van der Waals surface area contributed by atoms with E-state index in [2.05, 4.69) is 4.72 Å². The summed E-state index contributed by atoms with van der Waals surface area (Å²) in [4.78, 5) is 14.5. The largest absolute Gasteiger partial charge is 0.337 e. The van der Waals surface area contributed by atoms with E-state index in [-0.39, 0.29) is 15.8 Å². The molecule has 0 spiro atoms. The lowest BCUT2D eigenvalue weighted by atomic mass is 10.1. The number of rotatable bonds is 6. The molecule has 1 amide bonds. The quantitative estimate of drug-likeness (QED) is 0.582. The third-order valence-electron chi connectivity index (χ3n) is 4.63. The van der Waals surface area contributed by atoms with Crippen molar-refractivity contribution in [3.8, 4) is 0 Å². The lowest BCUT2D eigenvalue weighted by Crippen LogP contribution is -2.26. The van der Waals surface area contributed by atoms with Crippen LogP contribution in [0.2, 0.25) is 5.02 Å². The molecule has 0 atom stereocenters. The fourth-order valence-electron chi connectivity index (χ4n) is 3.05. The molecule has 0 saturated carbocycles. The van der Waals surface area contributed by atoms with E-state index in [0.717, 1.165) is 16.7 Å². The molecule has 3 aromatic rings. The molecule has 0 aliphatic heterocycles. The van der Waals surface area contributed by atoms with Crippen molar-refractivity contribution in [1.82, 2.24) is 4.90 Å². The van der Waals surface area contributed by atoms with E-state index in [4.69, 9.17) is 11.6 Å². The summed E-state index contributed by atoms with van der Waals surface area (Å²) in [5.74, 6) is -0.241. The first kappa shape index (κ1) is 21.9. The summed E-state index contributed by atoms with van der Waals surface area (Å²) in [7, 11) is -2.04. The number of hydrogen-bond donors (Lipinski definition) is 1. The summed E-state index contributed by atoms with van der Waals surface area (Å²) in [6.07, 6.45) is 0. The molecular formula is C23H23ClN2O3S. The molecule has 5 nitrogen and oxygen atoms in total. The minimum absolute atomic E-state index is 0.155. The lowest BCUT2D eigenvalue weighted by molar-refractivity contribution is 0.0785. The van der Waals surface area contributed by atoms with Crippen LogP contribution in [0.5, 0.6) is 0 Å². The molecule has 0 heterocycles. The van der Waals surface area contributed by atoms with Crippen molar-refractivity contribution in [1.29, 1.82) is 0 Å². The molecule has 0 fully saturated rings. The molecule has 156 valence electrons. The van der Waals surface area contributed by atoms with Crippen molar-refractivity contribution in [3.05, 3.63) is 94.0 Å². The maximum atomic E-state index is 12.8. The zero-order valence-electron chi connectivity index (χ0n) is 17.0. The lowest BCUT2D eigenvalue weighted by Gasteiger charge is -2.19. The van der Waals surface area contributed by atoms with Crippen LogP contribution in [0.25, 0.3) is 0 Å². The van der Waals surface area contributed by atoms with E-state index >= 15 is 0 Å².